The average molecular weight is 388 g/mol. The van der Waals surface area contributed by atoms with Crippen LogP contribution in [-0.2, 0) is 6.54 Å². The van der Waals surface area contributed by atoms with Gasteiger partial charge in [-0.1, -0.05) is 12.1 Å². The van der Waals surface area contributed by atoms with Crippen LogP contribution < -0.4 is 9.64 Å². The van der Waals surface area contributed by atoms with Crippen LogP contribution in [0.25, 0.3) is 0 Å². The molecule has 0 bridgehead atoms. The molecule has 1 N–H and O–H groups in total. The monoisotopic (exact) mass is 388 g/mol. The van der Waals surface area contributed by atoms with Crippen molar-refractivity contribution in [3.8, 4) is 5.75 Å². The Morgan fingerprint density at radius 1 is 1.11 bits per heavy atom. The molecule has 144 valence electrons. The van der Waals surface area contributed by atoms with Crippen LogP contribution in [0, 0.1) is 5.82 Å². The maximum atomic E-state index is 14.2. The van der Waals surface area contributed by atoms with Crippen molar-refractivity contribution in [3.63, 3.8) is 0 Å². The van der Waals surface area contributed by atoms with Gasteiger partial charge in [0.15, 0.2) is 11.6 Å². The molecule has 8 heteroatoms. The number of anilines is 2. The lowest BCUT2D eigenvalue weighted by Crippen LogP contribution is -2.17. The third kappa shape index (κ3) is 4.59. The van der Waals surface area contributed by atoms with E-state index in [1.807, 2.05) is 6.07 Å². The predicted octanol–water partition coefficient (Wildman–Crippen LogP) is 4.86. The summed E-state index contributed by atoms with van der Waals surface area (Å²) in [4.78, 5) is 17.0. The molecule has 5 nitrogen and oxygen atoms in total. The zero-order valence-electron chi connectivity index (χ0n) is 14.4. The fourth-order valence-corrected chi connectivity index (χ4v) is 2.66. The van der Waals surface area contributed by atoms with Crippen LogP contribution in [0.15, 0.2) is 67.0 Å². The Morgan fingerprint density at radius 2 is 1.89 bits per heavy atom. The molecule has 1 aromatic heterocycles. The van der Waals surface area contributed by atoms with Crippen molar-refractivity contribution in [2.45, 2.75) is 13.2 Å². The zero-order valence-corrected chi connectivity index (χ0v) is 14.4. The van der Waals surface area contributed by atoms with Crippen molar-refractivity contribution >= 4 is 17.3 Å². The summed E-state index contributed by atoms with van der Waals surface area (Å²) in [5.74, 6) is -2.63. The zero-order chi connectivity index (χ0) is 20.1. The number of hydrogen-bond donors (Lipinski definition) is 1. The van der Waals surface area contributed by atoms with E-state index < -0.39 is 24.1 Å². The standard InChI is InChI=1S/C20H15F3N2O3/c21-17-10-16(6-7-18(17)28-20(22)23)25(12-13-3-2-8-24-11-13)15-5-1-4-14(9-15)19(26)27/h1-11,20H,12H2,(H,26,27). The molecule has 0 unspecified atom stereocenters. The molecule has 0 atom stereocenters. The van der Waals surface area contributed by atoms with E-state index in [1.54, 1.807) is 35.5 Å². The first kappa shape index (κ1) is 19.2. The first-order valence-corrected chi connectivity index (χ1v) is 8.18. The molecule has 0 radical (unpaired) electrons. The Morgan fingerprint density at radius 3 is 2.54 bits per heavy atom. The highest BCUT2D eigenvalue weighted by molar-refractivity contribution is 5.89. The van der Waals surface area contributed by atoms with Gasteiger partial charge in [0, 0.05) is 36.4 Å². The van der Waals surface area contributed by atoms with Crippen LogP contribution in [0.1, 0.15) is 15.9 Å². The summed E-state index contributed by atoms with van der Waals surface area (Å²) >= 11 is 0. The van der Waals surface area contributed by atoms with Crippen molar-refractivity contribution in [1.82, 2.24) is 4.98 Å². The fourth-order valence-electron chi connectivity index (χ4n) is 2.66. The number of ether oxygens (including phenoxy) is 1. The number of benzene rings is 2. The number of carbonyl (C=O) groups is 1. The molecule has 0 saturated carbocycles. The van der Waals surface area contributed by atoms with E-state index in [2.05, 4.69) is 9.72 Å². The molecular formula is C20H15F3N2O3. The first-order chi connectivity index (χ1) is 13.4. The molecule has 28 heavy (non-hydrogen) atoms. The number of aromatic nitrogens is 1. The van der Waals surface area contributed by atoms with Gasteiger partial charge in [-0.05, 0) is 42.0 Å². The van der Waals surface area contributed by atoms with Gasteiger partial charge in [-0.3, -0.25) is 4.98 Å². The number of aromatic carboxylic acids is 1. The first-order valence-electron chi connectivity index (χ1n) is 8.18. The van der Waals surface area contributed by atoms with E-state index in [1.165, 1.54) is 18.2 Å². The Balaban J connectivity index is 2.02. The topological polar surface area (TPSA) is 62.7 Å². The summed E-state index contributed by atoms with van der Waals surface area (Å²) in [6.45, 7) is -2.88. The van der Waals surface area contributed by atoms with Gasteiger partial charge in [-0.15, -0.1) is 0 Å². The van der Waals surface area contributed by atoms with E-state index in [0.717, 1.165) is 17.7 Å². The number of pyridine rings is 1. The van der Waals surface area contributed by atoms with Crippen LogP contribution in [-0.4, -0.2) is 22.7 Å². The van der Waals surface area contributed by atoms with Gasteiger partial charge in [-0.2, -0.15) is 8.78 Å². The van der Waals surface area contributed by atoms with Gasteiger partial charge >= 0.3 is 12.6 Å². The minimum atomic E-state index is -3.14. The highest BCUT2D eigenvalue weighted by Gasteiger charge is 2.16. The normalized spacial score (nSPS) is 10.7. The molecule has 0 amide bonds. The largest absolute Gasteiger partial charge is 0.478 e. The molecule has 0 fully saturated rings. The van der Waals surface area contributed by atoms with E-state index >= 15 is 0 Å². The quantitative estimate of drug-likeness (QED) is 0.626. The van der Waals surface area contributed by atoms with Gasteiger partial charge in [-0.25, -0.2) is 9.18 Å². The van der Waals surface area contributed by atoms with E-state index in [9.17, 15) is 23.1 Å². The van der Waals surface area contributed by atoms with Crippen LogP contribution in [0.5, 0.6) is 5.75 Å². The highest BCUT2D eigenvalue weighted by atomic mass is 19.3. The van der Waals surface area contributed by atoms with Gasteiger partial charge < -0.3 is 14.7 Å². The minimum Gasteiger partial charge on any atom is -0.478 e. The van der Waals surface area contributed by atoms with E-state index in [4.69, 9.17) is 0 Å². The Bertz CT molecular complexity index is 968. The summed E-state index contributed by atoms with van der Waals surface area (Å²) in [6, 6.07) is 13.3. The smallest absolute Gasteiger partial charge is 0.387 e. The van der Waals surface area contributed by atoms with Gasteiger partial charge in [0.05, 0.1) is 5.56 Å². The maximum Gasteiger partial charge on any atom is 0.387 e. The lowest BCUT2D eigenvalue weighted by atomic mass is 10.1. The van der Waals surface area contributed by atoms with Crippen molar-refractivity contribution in [3.05, 3.63) is 83.9 Å². The fraction of sp³-hybridized carbons (Fsp3) is 0.100. The van der Waals surface area contributed by atoms with Crippen molar-refractivity contribution < 1.29 is 27.8 Å². The number of halogens is 3. The second-order valence-corrected chi connectivity index (χ2v) is 5.80. The minimum absolute atomic E-state index is 0.0619. The Hall–Kier alpha value is -3.55. The molecule has 0 aliphatic rings. The number of alkyl halides is 2. The van der Waals surface area contributed by atoms with Crippen LogP contribution in [0.3, 0.4) is 0 Å². The third-order valence-corrected chi connectivity index (χ3v) is 3.91. The van der Waals surface area contributed by atoms with Crippen LogP contribution >= 0.6 is 0 Å². The number of carboxylic acid groups (broad SMARTS) is 1. The van der Waals surface area contributed by atoms with Gasteiger partial charge in [0.2, 0.25) is 0 Å². The average Bonchev–Trinajstić information content (AvgIpc) is 2.68. The van der Waals surface area contributed by atoms with E-state index in [0.29, 0.717) is 11.4 Å². The molecule has 3 aromatic rings. The number of carboxylic acids is 1. The van der Waals surface area contributed by atoms with Crippen molar-refractivity contribution in [2.75, 3.05) is 4.90 Å². The second kappa shape index (κ2) is 8.43. The molecule has 3 rings (SSSR count). The lowest BCUT2D eigenvalue weighted by molar-refractivity contribution is -0.0521. The molecule has 1 heterocycles. The van der Waals surface area contributed by atoms with Gasteiger partial charge in [0.25, 0.3) is 0 Å². The summed E-state index contributed by atoms with van der Waals surface area (Å²) < 4.78 is 43.1. The highest BCUT2D eigenvalue weighted by Crippen LogP contribution is 2.32. The number of hydrogen-bond acceptors (Lipinski definition) is 4. The van der Waals surface area contributed by atoms with Crippen molar-refractivity contribution in [2.24, 2.45) is 0 Å². The molecule has 0 spiro atoms. The van der Waals surface area contributed by atoms with Gasteiger partial charge in [0.1, 0.15) is 0 Å². The number of rotatable bonds is 7. The molecule has 0 saturated heterocycles. The lowest BCUT2D eigenvalue weighted by Gasteiger charge is -2.26. The summed E-state index contributed by atoms with van der Waals surface area (Å²) in [5.41, 5.74) is 1.68. The van der Waals surface area contributed by atoms with Crippen LogP contribution in [0.4, 0.5) is 24.5 Å². The molecule has 2 aromatic carbocycles. The maximum absolute atomic E-state index is 14.2. The summed E-state index contributed by atoms with van der Waals surface area (Å²) in [6.07, 6.45) is 3.23. The molecular weight excluding hydrogens is 373 g/mol. The SMILES string of the molecule is O=C(O)c1cccc(N(Cc2cccnc2)c2ccc(OC(F)F)c(F)c2)c1. The molecule has 0 aliphatic heterocycles. The Kier molecular flexibility index (Phi) is 5.78. The van der Waals surface area contributed by atoms with Crippen molar-refractivity contribution in [1.29, 1.82) is 0 Å². The summed E-state index contributed by atoms with van der Waals surface area (Å²) in [5, 5.41) is 9.24. The predicted molar refractivity (Wildman–Crippen MR) is 96.5 cm³/mol. The third-order valence-electron chi connectivity index (χ3n) is 3.91. The van der Waals surface area contributed by atoms with E-state index in [-0.39, 0.29) is 12.1 Å². The van der Waals surface area contributed by atoms with Crippen LogP contribution in [0.2, 0.25) is 0 Å². The molecule has 0 aliphatic carbocycles. The number of nitrogens with zero attached hydrogens (tertiary/aromatic N) is 2. The summed E-state index contributed by atoms with van der Waals surface area (Å²) in [7, 11) is 0. The Labute approximate surface area is 158 Å². The second-order valence-electron chi connectivity index (χ2n) is 5.80.